The van der Waals surface area contributed by atoms with Gasteiger partial charge in [0.1, 0.15) is 6.07 Å². The van der Waals surface area contributed by atoms with Gasteiger partial charge in [0.25, 0.3) is 0 Å². The Morgan fingerprint density at radius 1 is 1.43 bits per heavy atom. The van der Waals surface area contributed by atoms with Gasteiger partial charge in [-0.05, 0) is 34.1 Å². The molecule has 0 aliphatic heterocycles. The highest BCUT2D eigenvalue weighted by Crippen LogP contribution is 2.19. The van der Waals surface area contributed by atoms with E-state index in [-0.39, 0.29) is 0 Å². The summed E-state index contributed by atoms with van der Waals surface area (Å²) in [6.45, 7) is 0. The van der Waals surface area contributed by atoms with Crippen LogP contribution in [0.3, 0.4) is 0 Å². The molecule has 0 N–H and O–H groups in total. The minimum atomic E-state index is 0.633. The molecule has 4 heteroatoms. The third kappa shape index (κ3) is 1.54. The lowest BCUT2D eigenvalue weighted by Crippen LogP contribution is -1.90. The van der Waals surface area contributed by atoms with Gasteiger partial charge in [-0.15, -0.1) is 0 Å². The number of imidazole rings is 1. The molecule has 1 heterocycles. The van der Waals surface area contributed by atoms with E-state index < -0.39 is 0 Å². The van der Waals surface area contributed by atoms with E-state index in [1.807, 2.05) is 22.9 Å². The molecule has 0 aliphatic rings. The Labute approximate surface area is 89.8 Å². The number of hydrogen-bond donors (Lipinski definition) is 0. The summed E-state index contributed by atoms with van der Waals surface area (Å²) in [5, 5.41) is 8.74. The van der Waals surface area contributed by atoms with Crippen molar-refractivity contribution in [2.24, 2.45) is 0 Å². The van der Waals surface area contributed by atoms with Gasteiger partial charge in [-0.2, -0.15) is 5.26 Å². The summed E-state index contributed by atoms with van der Waals surface area (Å²) in [7, 11) is 0. The SMILES string of the molecule is N#Cc1ccc(-n2ccnc2)cc1Br. The highest BCUT2D eigenvalue weighted by Gasteiger charge is 2.01. The van der Waals surface area contributed by atoms with Gasteiger partial charge in [-0.3, -0.25) is 0 Å². The van der Waals surface area contributed by atoms with Crippen molar-refractivity contribution in [3.63, 3.8) is 0 Å². The minimum Gasteiger partial charge on any atom is -0.306 e. The van der Waals surface area contributed by atoms with Crippen LogP contribution in [0.15, 0.2) is 41.4 Å². The maximum absolute atomic E-state index is 8.74. The summed E-state index contributed by atoms with van der Waals surface area (Å²) >= 11 is 3.34. The van der Waals surface area contributed by atoms with Crippen LogP contribution >= 0.6 is 15.9 Å². The van der Waals surface area contributed by atoms with Crippen molar-refractivity contribution in [2.45, 2.75) is 0 Å². The second-order valence-electron chi connectivity index (χ2n) is 2.75. The van der Waals surface area contributed by atoms with Crippen molar-refractivity contribution < 1.29 is 0 Å². The van der Waals surface area contributed by atoms with Crippen LogP contribution in [0.4, 0.5) is 0 Å². The quantitative estimate of drug-likeness (QED) is 0.777. The number of aromatic nitrogens is 2. The van der Waals surface area contributed by atoms with Gasteiger partial charge < -0.3 is 4.57 Å². The summed E-state index contributed by atoms with van der Waals surface area (Å²) in [5.74, 6) is 0. The molecule has 0 unspecified atom stereocenters. The predicted molar refractivity (Wildman–Crippen MR) is 56.0 cm³/mol. The molecule has 0 saturated carbocycles. The van der Waals surface area contributed by atoms with Gasteiger partial charge in [0, 0.05) is 22.6 Å². The van der Waals surface area contributed by atoms with Gasteiger partial charge in [0.05, 0.1) is 11.9 Å². The van der Waals surface area contributed by atoms with Crippen LogP contribution in [0.2, 0.25) is 0 Å². The molecule has 0 aliphatic carbocycles. The minimum absolute atomic E-state index is 0.633. The maximum atomic E-state index is 8.74. The monoisotopic (exact) mass is 247 g/mol. The molecule has 0 spiro atoms. The van der Waals surface area contributed by atoms with Crippen LogP contribution in [-0.2, 0) is 0 Å². The van der Waals surface area contributed by atoms with E-state index in [0.717, 1.165) is 10.2 Å². The van der Waals surface area contributed by atoms with Crippen LogP contribution in [0.5, 0.6) is 0 Å². The second-order valence-corrected chi connectivity index (χ2v) is 3.60. The van der Waals surface area contributed by atoms with Crippen molar-refractivity contribution in [1.82, 2.24) is 9.55 Å². The zero-order valence-electron chi connectivity index (χ0n) is 7.18. The van der Waals surface area contributed by atoms with Crippen LogP contribution in [0.25, 0.3) is 5.69 Å². The van der Waals surface area contributed by atoms with Gasteiger partial charge in [0.2, 0.25) is 0 Å². The standard InChI is InChI=1S/C10H6BrN3/c11-10-5-9(2-1-8(10)6-12)14-4-3-13-7-14/h1-5,7H. The van der Waals surface area contributed by atoms with Gasteiger partial charge in [-0.25, -0.2) is 4.98 Å². The number of rotatable bonds is 1. The number of nitriles is 1. The van der Waals surface area contributed by atoms with Crippen LogP contribution in [0.1, 0.15) is 5.56 Å². The maximum Gasteiger partial charge on any atom is 0.100 e. The fourth-order valence-corrected chi connectivity index (χ4v) is 1.62. The molecule has 0 atom stereocenters. The average molecular weight is 248 g/mol. The van der Waals surface area contributed by atoms with Crippen molar-refractivity contribution >= 4 is 15.9 Å². The van der Waals surface area contributed by atoms with Crippen molar-refractivity contribution in [3.05, 3.63) is 47.0 Å². The Balaban J connectivity index is 2.49. The summed E-state index contributed by atoms with van der Waals surface area (Å²) in [6.07, 6.45) is 5.29. The number of halogens is 1. The molecule has 0 saturated heterocycles. The molecule has 0 bridgehead atoms. The summed E-state index contributed by atoms with van der Waals surface area (Å²) in [6, 6.07) is 7.64. The van der Waals surface area contributed by atoms with E-state index in [0.29, 0.717) is 5.56 Å². The number of benzene rings is 1. The summed E-state index contributed by atoms with van der Waals surface area (Å²) < 4.78 is 2.68. The van der Waals surface area contributed by atoms with Crippen LogP contribution < -0.4 is 0 Å². The molecule has 68 valence electrons. The molecular formula is C10H6BrN3. The third-order valence-electron chi connectivity index (χ3n) is 1.88. The lowest BCUT2D eigenvalue weighted by molar-refractivity contribution is 1.05. The molecule has 14 heavy (non-hydrogen) atoms. The smallest absolute Gasteiger partial charge is 0.100 e. The van der Waals surface area contributed by atoms with E-state index in [4.69, 9.17) is 5.26 Å². The lowest BCUT2D eigenvalue weighted by Gasteiger charge is -2.02. The van der Waals surface area contributed by atoms with Crippen molar-refractivity contribution in [3.8, 4) is 11.8 Å². The van der Waals surface area contributed by atoms with Gasteiger partial charge in [-0.1, -0.05) is 0 Å². The first-order valence-corrected chi connectivity index (χ1v) is 4.78. The highest BCUT2D eigenvalue weighted by molar-refractivity contribution is 9.10. The van der Waals surface area contributed by atoms with Crippen molar-refractivity contribution in [2.75, 3.05) is 0 Å². The third-order valence-corrected chi connectivity index (χ3v) is 2.53. The summed E-state index contributed by atoms with van der Waals surface area (Å²) in [5.41, 5.74) is 1.61. The Hall–Kier alpha value is -1.60. The number of hydrogen-bond acceptors (Lipinski definition) is 2. The molecule has 0 amide bonds. The first-order chi connectivity index (χ1) is 6.81. The lowest BCUT2D eigenvalue weighted by atomic mass is 10.2. The van der Waals surface area contributed by atoms with Crippen molar-refractivity contribution in [1.29, 1.82) is 5.26 Å². The molecule has 1 aromatic heterocycles. The average Bonchev–Trinajstić information content (AvgIpc) is 2.70. The van der Waals surface area contributed by atoms with Crippen LogP contribution in [0, 0.1) is 11.3 Å². The molecule has 0 fully saturated rings. The van der Waals surface area contributed by atoms with Gasteiger partial charge in [0.15, 0.2) is 0 Å². The van der Waals surface area contributed by atoms with E-state index in [1.54, 1.807) is 18.6 Å². The Bertz CT molecular complexity index is 483. The van der Waals surface area contributed by atoms with E-state index in [2.05, 4.69) is 27.0 Å². The summed E-state index contributed by atoms with van der Waals surface area (Å²) in [4.78, 5) is 3.95. The predicted octanol–water partition coefficient (Wildman–Crippen LogP) is 2.51. The molecule has 2 aromatic rings. The second kappa shape index (κ2) is 3.64. The molecule has 3 nitrogen and oxygen atoms in total. The highest BCUT2D eigenvalue weighted by atomic mass is 79.9. The van der Waals surface area contributed by atoms with Gasteiger partial charge >= 0.3 is 0 Å². The normalized spacial score (nSPS) is 9.71. The first-order valence-electron chi connectivity index (χ1n) is 3.99. The van der Waals surface area contributed by atoms with E-state index in [1.165, 1.54) is 0 Å². The number of nitrogens with zero attached hydrogens (tertiary/aromatic N) is 3. The Morgan fingerprint density at radius 2 is 2.29 bits per heavy atom. The van der Waals surface area contributed by atoms with E-state index >= 15 is 0 Å². The largest absolute Gasteiger partial charge is 0.306 e. The Kier molecular flexibility index (Phi) is 2.33. The molecule has 1 aromatic carbocycles. The zero-order valence-corrected chi connectivity index (χ0v) is 8.77. The zero-order chi connectivity index (χ0) is 9.97. The topological polar surface area (TPSA) is 41.6 Å². The Morgan fingerprint density at radius 3 is 2.86 bits per heavy atom. The molecular weight excluding hydrogens is 242 g/mol. The molecule has 0 radical (unpaired) electrons. The molecule has 2 rings (SSSR count). The first kappa shape index (κ1) is 8.97. The van der Waals surface area contributed by atoms with E-state index in [9.17, 15) is 0 Å². The van der Waals surface area contributed by atoms with Crippen LogP contribution in [-0.4, -0.2) is 9.55 Å². The fraction of sp³-hybridized carbons (Fsp3) is 0. The fourth-order valence-electron chi connectivity index (χ4n) is 1.17.